The van der Waals surface area contributed by atoms with Gasteiger partial charge in [-0.1, -0.05) is 13.3 Å². The van der Waals surface area contributed by atoms with E-state index >= 15 is 0 Å². The van der Waals surface area contributed by atoms with Gasteiger partial charge >= 0.3 is 0 Å². The SMILES string of the molecule is CCCC1CC1NC(=NC)NCC(C)(C)N1CCOCC1. The highest BCUT2D eigenvalue weighted by molar-refractivity contribution is 5.80. The van der Waals surface area contributed by atoms with Gasteiger partial charge in [0.1, 0.15) is 0 Å². The molecule has 21 heavy (non-hydrogen) atoms. The zero-order valence-electron chi connectivity index (χ0n) is 14.1. The van der Waals surface area contributed by atoms with Crippen LogP contribution < -0.4 is 10.6 Å². The second-order valence-electron chi connectivity index (χ2n) is 6.87. The summed E-state index contributed by atoms with van der Waals surface area (Å²) in [4.78, 5) is 6.86. The number of hydrogen-bond donors (Lipinski definition) is 2. The van der Waals surface area contributed by atoms with Crippen molar-refractivity contribution in [1.29, 1.82) is 0 Å². The van der Waals surface area contributed by atoms with Gasteiger partial charge in [-0.3, -0.25) is 9.89 Å². The molecule has 0 bridgehead atoms. The van der Waals surface area contributed by atoms with E-state index < -0.39 is 0 Å². The van der Waals surface area contributed by atoms with Gasteiger partial charge in [0.2, 0.25) is 0 Å². The van der Waals surface area contributed by atoms with Gasteiger partial charge in [-0.05, 0) is 32.6 Å². The lowest BCUT2D eigenvalue weighted by atomic mass is 10.0. The van der Waals surface area contributed by atoms with Crippen molar-refractivity contribution in [3.05, 3.63) is 0 Å². The first-order valence-electron chi connectivity index (χ1n) is 8.37. The summed E-state index contributed by atoms with van der Waals surface area (Å²) in [6.45, 7) is 11.5. The molecule has 2 atom stereocenters. The van der Waals surface area contributed by atoms with Gasteiger partial charge < -0.3 is 15.4 Å². The first-order chi connectivity index (χ1) is 10.1. The largest absolute Gasteiger partial charge is 0.379 e. The molecule has 0 aromatic carbocycles. The Bertz CT molecular complexity index is 350. The smallest absolute Gasteiger partial charge is 0.191 e. The lowest BCUT2D eigenvalue weighted by Gasteiger charge is -2.41. The molecule has 0 aromatic rings. The van der Waals surface area contributed by atoms with E-state index in [4.69, 9.17) is 4.74 Å². The fraction of sp³-hybridized carbons (Fsp3) is 0.938. The molecule has 5 nitrogen and oxygen atoms in total. The van der Waals surface area contributed by atoms with E-state index in [1.807, 2.05) is 7.05 Å². The van der Waals surface area contributed by atoms with E-state index in [-0.39, 0.29) is 5.54 Å². The Kier molecular flexibility index (Phi) is 5.88. The van der Waals surface area contributed by atoms with Crippen molar-refractivity contribution in [3.63, 3.8) is 0 Å². The van der Waals surface area contributed by atoms with Gasteiger partial charge in [0.15, 0.2) is 5.96 Å². The molecular weight excluding hydrogens is 264 g/mol. The van der Waals surface area contributed by atoms with E-state index in [0.717, 1.165) is 44.7 Å². The van der Waals surface area contributed by atoms with Crippen LogP contribution in [-0.4, -0.2) is 62.3 Å². The van der Waals surface area contributed by atoms with Crippen LogP contribution in [0.5, 0.6) is 0 Å². The normalized spacial score (nSPS) is 27.5. The first kappa shape index (κ1) is 16.6. The maximum absolute atomic E-state index is 5.44. The van der Waals surface area contributed by atoms with Crippen LogP contribution in [0.4, 0.5) is 0 Å². The van der Waals surface area contributed by atoms with Gasteiger partial charge in [0.05, 0.1) is 13.2 Å². The summed E-state index contributed by atoms with van der Waals surface area (Å²) < 4.78 is 5.44. The molecule has 5 heteroatoms. The molecule has 2 rings (SSSR count). The highest BCUT2D eigenvalue weighted by atomic mass is 16.5. The summed E-state index contributed by atoms with van der Waals surface area (Å²) in [7, 11) is 1.86. The van der Waals surface area contributed by atoms with Crippen LogP contribution in [0.25, 0.3) is 0 Å². The Morgan fingerprint density at radius 2 is 2.05 bits per heavy atom. The molecule has 0 aromatic heterocycles. The number of hydrogen-bond acceptors (Lipinski definition) is 3. The fourth-order valence-corrected chi connectivity index (χ4v) is 3.06. The maximum Gasteiger partial charge on any atom is 0.191 e. The van der Waals surface area contributed by atoms with Gasteiger partial charge in [-0.15, -0.1) is 0 Å². The Hall–Kier alpha value is -0.810. The van der Waals surface area contributed by atoms with Crippen LogP contribution in [0.1, 0.15) is 40.0 Å². The lowest BCUT2D eigenvalue weighted by Crippen LogP contribution is -2.56. The number of aliphatic imine (C=N–C) groups is 1. The monoisotopic (exact) mass is 296 g/mol. The van der Waals surface area contributed by atoms with Crippen LogP contribution >= 0.6 is 0 Å². The van der Waals surface area contributed by atoms with Crippen LogP contribution in [-0.2, 0) is 4.74 Å². The molecule has 122 valence electrons. The van der Waals surface area contributed by atoms with Gasteiger partial charge in [-0.2, -0.15) is 0 Å². The topological polar surface area (TPSA) is 48.9 Å². The minimum Gasteiger partial charge on any atom is -0.379 e. The van der Waals surface area contributed by atoms with Crippen molar-refractivity contribution in [1.82, 2.24) is 15.5 Å². The Morgan fingerprint density at radius 1 is 1.33 bits per heavy atom. The zero-order chi connectivity index (χ0) is 15.3. The highest BCUT2D eigenvalue weighted by Crippen LogP contribution is 2.34. The quantitative estimate of drug-likeness (QED) is 0.575. The minimum absolute atomic E-state index is 0.119. The predicted octanol–water partition coefficient (Wildman–Crippen LogP) is 1.45. The second-order valence-corrected chi connectivity index (χ2v) is 6.87. The van der Waals surface area contributed by atoms with Crippen molar-refractivity contribution >= 4 is 5.96 Å². The fourth-order valence-electron chi connectivity index (χ4n) is 3.06. The number of morpholine rings is 1. The van der Waals surface area contributed by atoms with Crippen molar-refractivity contribution in [3.8, 4) is 0 Å². The second kappa shape index (κ2) is 7.45. The molecule has 2 aliphatic rings. The maximum atomic E-state index is 5.44. The summed E-state index contributed by atoms with van der Waals surface area (Å²) in [5, 5.41) is 7.04. The van der Waals surface area contributed by atoms with Gasteiger partial charge in [0.25, 0.3) is 0 Å². The summed E-state index contributed by atoms with van der Waals surface area (Å²) in [6.07, 6.45) is 3.90. The average molecular weight is 296 g/mol. The predicted molar refractivity (Wildman–Crippen MR) is 87.8 cm³/mol. The molecule has 1 aliphatic heterocycles. The molecule has 1 aliphatic carbocycles. The molecule has 2 fully saturated rings. The summed E-state index contributed by atoms with van der Waals surface area (Å²) in [5.41, 5.74) is 0.119. The highest BCUT2D eigenvalue weighted by Gasteiger charge is 2.37. The van der Waals surface area contributed by atoms with E-state index in [2.05, 4.69) is 41.3 Å². The lowest BCUT2D eigenvalue weighted by molar-refractivity contribution is -0.00834. The number of nitrogens with one attached hydrogen (secondary N) is 2. The van der Waals surface area contributed by atoms with Crippen LogP contribution in [0.3, 0.4) is 0 Å². The van der Waals surface area contributed by atoms with Crippen molar-refractivity contribution < 1.29 is 4.74 Å². The average Bonchev–Trinajstić information content (AvgIpc) is 3.22. The van der Waals surface area contributed by atoms with Crippen molar-refractivity contribution in [2.75, 3.05) is 39.9 Å². The van der Waals surface area contributed by atoms with E-state index in [1.54, 1.807) is 0 Å². The van der Waals surface area contributed by atoms with Gasteiger partial charge in [0, 0.05) is 38.3 Å². The number of ether oxygens (including phenoxy) is 1. The molecule has 0 spiro atoms. The van der Waals surface area contributed by atoms with Crippen LogP contribution in [0.15, 0.2) is 4.99 Å². The number of nitrogens with zero attached hydrogens (tertiary/aromatic N) is 2. The summed E-state index contributed by atoms with van der Waals surface area (Å²) in [6, 6.07) is 0.627. The van der Waals surface area contributed by atoms with Gasteiger partial charge in [-0.25, -0.2) is 0 Å². The van der Waals surface area contributed by atoms with E-state index in [0.29, 0.717) is 6.04 Å². The Morgan fingerprint density at radius 3 is 2.67 bits per heavy atom. The van der Waals surface area contributed by atoms with E-state index in [1.165, 1.54) is 19.3 Å². The molecule has 1 heterocycles. The van der Waals surface area contributed by atoms with E-state index in [9.17, 15) is 0 Å². The molecular formula is C16H32N4O. The third kappa shape index (κ3) is 4.85. The Balaban J connectivity index is 1.74. The van der Waals surface area contributed by atoms with Crippen LogP contribution in [0, 0.1) is 5.92 Å². The summed E-state index contributed by atoms with van der Waals surface area (Å²) in [5.74, 6) is 1.79. The number of guanidine groups is 1. The molecule has 1 saturated heterocycles. The van der Waals surface area contributed by atoms with Crippen LogP contribution in [0.2, 0.25) is 0 Å². The van der Waals surface area contributed by atoms with Crippen molar-refractivity contribution in [2.45, 2.75) is 51.6 Å². The Labute approximate surface area is 129 Å². The minimum atomic E-state index is 0.119. The molecule has 2 N–H and O–H groups in total. The standard InChI is InChI=1S/C16H32N4O/c1-5-6-13-11-14(13)19-15(17-4)18-12-16(2,3)20-7-9-21-10-8-20/h13-14H,5-12H2,1-4H3,(H2,17,18,19). The third-order valence-corrected chi connectivity index (χ3v) is 4.68. The zero-order valence-corrected chi connectivity index (χ0v) is 14.1. The van der Waals surface area contributed by atoms with Crippen molar-refractivity contribution in [2.24, 2.45) is 10.9 Å². The molecule has 1 saturated carbocycles. The molecule has 2 unspecified atom stereocenters. The molecule has 0 amide bonds. The first-order valence-corrected chi connectivity index (χ1v) is 8.37. The summed E-state index contributed by atoms with van der Waals surface area (Å²) >= 11 is 0. The number of rotatable bonds is 6. The third-order valence-electron chi connectivity index (χ3n) is 4.68. The molecule has 0 radical (unpaired) electrons.